The lowest BCUT2D eigenvalue weighted by Gasteiger charge is -2.27. The van der Waals surface area contributed by atoms with Crippen molar-refractivity contribution in [3.8, 4) is 0 Å². The number of benzene rings is 1. The fraction of sp³-hybridized carbons (Fsp3) is 0.471. The third kappa shape index (κ3) is 5.30. The minimum atomic E-state index is -4.46. The molecule has 25 heavy (non-hydrogen) atoms. The molecule has 1 aromatic rings. The van der Waals surface area contributed by atoms with Gasteiger partial charge in [0.05, 0.1) is 12.0 Å². The van der Waals surface area contributed by atoms with Crippen LogP contribution in [0.4, 0.5) is 13.2 Å². The smallest absolute Gasteiger partial charge is 0.416 e. The standard InChI is InChI=1S/C17H18F3NO4/c18-17(19,20)12-6-4-10(5-7-12)8-14(23)21-15(16(24)25)11-2-1-3-13(22)9-11/h4-7,11,15H,1-3,8-9H2,(H,21,23)(H,24,25)/t11-,15+/m0/s1. The average molecular weight is 357 g/mol. The van der Waals surface area contributed by atoms with Gasteiger partial charge in [-0.05, 0) is 36.5 Å². The molecule has 0 spiro atoms. The molecule has 1 aliphatic carbocycles. The van der Waals surface area contributed by atoms with Crippen molar-refractivity contribution >= 4 is 17.7 Å². The van der Waals surface area contributed by atoms with Gasteiger partial charge in [0.1, 0.15) is 11.8 Å². The second-order valence-corrected chi connectivity index (χ2v) is 6.15. The molecule has 2 atom stereocenters. The Bertz CT molecular complexity index is 655. The molecule has 2 rings (SSSR count). The second kappa shape index (κ2) is 7.67. The number of halogens is 3. The Morgan fingerprint density at radius 1 is 1.24 bits per heavy atom. The van der Waals surface area contributed by atoms with Crippen LogP contribution in [0.15, 0.2) is 24.3 Å². The summed E-state index contributed by atoms with van der Waals surface area (Å²) in [5, 5.41) is 11.7. The summed E-state index contributed by atoms with van der Waals surface area (Å²) in [6, 6.07) is 2.94. The predicted molar refractivity (Wildman–Crippen MR) is 81.7 cm³/mol. The maximum atomic E-state index is 12.5. The summed E-state index contributed by atoms with van der Waals surface area (Å²) in [6.45, 7) is 0. The highest BCUT2D eigenvalue weighted by Gasteiger charge is 2.33. The van der Waals surface area contributed by atoms with E-state index in [1.165, 1.54) is 12.1 Å². The van der Waals surface area contributed by atoms with E-state index in [0.29, 0.717) is 24.8 Å². The second-order valence-electron chi connectivity index (χ2n) is 6.15. The van der Waals surface area contributed by atoms with Gasteiger partial charge in [-0.15, -0.1) is 0 Å². The van der Waals surface area contributed by atoms with E-state index in [1.54, 1.807) is 0 Å². The Morgan fingerprint density at radius 3 is 2.40 bits per heavy atom. The van der Waals surface area contributed by atoms with Crippen molar-refractivity contribution in [2.45, 2.75) is 44.3 Å². The van der Waals surface area contributed by atoms with Crippen LogP contribution < -0.4 is 5.32 Å². The van der Waals surface area contributed by atoms with E-state index in [0.717, 1.165) is 12.1 Å². The largest absolute Gasteiger partial charge is 0.480 e. The minimum absolute atomic E-state index is 0.0283. The van der Waals surface area contributed by atoms with E-state index >= 15 is 0 Å². The van der Waals surface area contributed by atoms with Crippen LogP contribution in [0, 0.1) is 5.92 Å². The first kappa shape index (κ1) is 19.0. The first-order chi connectivity index (χ1) is 11.7. The van der Waals surface area contributed by atoms with Gasteiger partial charge < -0.3 is 10.4 Å². The Morgan fingerprint density at radius 2 is 1.88 bits per heavy atom. The lowest BCUT2D eigenvalue weighted by molar-refractivity contribution is -0.144. The Kier molecular flexibility index (Phi) is 5.81. The van der Waals surface area contributed by atoms with Gasteiger partial charge in [-0.25, -0.2) is 4.79 Å². The van der Waals surface area contributed by atoms with Crippen LogP contribution in [-0.4, -0.2) is 28.8 Å². The number of amides is 1. The zero-order chi connectivity index (χ0) is 18.6. The molecule has 0 heterocycles. The number of Topliss-reactive ketones (excluding diaryl/α,β-unsaturated/α-hetero) is 1. The quantitative estimate of drug-likeness (QED) is 0.848. The lowest BCUT2D eigenvalue weighted by atomic mass is 9.83. The summed E-state index contributed by atoms with van der Waals surface area (Å²) in [4.78, 5) is 34.9. The van der Waals surface area contributed by atoms with Crippen molar-refractivity contribution in [2.24, 2.45) is 5.92 Å². The topological polar surface area (TPSA) is 83.5 Å². The van der Waals surface area contributed by atoms with E-state index in [1.807, 2.05) is 0 Å². The highest BCUT2D eigenvalue weighted by Crippen LogP contribution is 2.29. The van der Waals surface area contributed by atoms with E-state index in [9.17, 15) is 32.7 Å². The summed E-state index contributed by atoms with van der Waals surface area (Å²) in [5.74, 6) is -2.32. The molecule has 0 unspecified atom stereocenters. The number of aliphatic carboxylic acids is 1. The molecular formula is C17H18F3NO4. The van der Waals surface area contributed by atoms with Crippen LogP contribution in [0.5, 0.6) is 0 Å². The third-order valence-electron chi connectivity index (χ3n) is 4.22. The number of carboxylic acid groups (broad SMARTS) is 1. The summed E-state index contributed by atoms with van der Waals surface area (Å²) >= 11 is 0. The first-order valence-corrected chi connectivity index (χ1v) is 7.87. The number of carboxylic acids is 1. The monoisotopic (exact) mass is 357 g/mol. The number of alkyl halides is 3. The van der Waals surface area contributed by atoms with Crippen molar-refractivity contribution in [3.63, 3.8) is 0 Å². The number of carbonyl (C=O) groups is 3. The molecule has 5 nitrogen and oxygen atoms in total. The molecule has 0 aliphatic heterocycles. The number of rotatable bonds is 5. The molecule has 2 N–H and O–H groups in total. The zero-order valence-electron chi connectivity index (χ0n) is 13.3. The number of hydrogen-bond acceptors (Lipinski definition) is 3. The highest BCUT2D eigenvalue weighted by molar-refractivity contribution is 5.86. The van der Waals surface area contributed by atoms with Gasteiger partial charge in [-0.2, -0.15) is 13.2 Å². The zero-order valence-corrected chi connectivity index (χ0v) is 13.3. The average Bonchev–Trinajstić information content (AvgIpc) is 2.52. The molecule has 1 amide bonds. The molecule has 136 valence electrons. The maximum Gasteiger partial charge on any atom is 0.416 e. The van der Waals surface area contributed by atoms with E-state index < -0.39 is 35.6 Å². The Hall–Kier alpha value is -2.38. The van der Waals surface area contributed by atoms with Crippen LogP contribution in [0.1, 0.15) is 36.8 Å². The molecule has 0 radical (unpaired) electrons. The highest BCUT2D eigenvalue weighted by atomic mass is 19.4. The molecule has 1 saturated carbocycles. The summed E-state index contributed by atoms with van der Waals surface area (Å²) in [7, 11) is 0. The van der Waals surface area contributed by atoms with Crippen molar-refractivity contribution in [2.75, 3.05) is 0 Å². The molecule has 0 saturated heterocycles. The van der Waals surface area contributed by atoms with Crippen LogP contribution in [0.25, 0.3) is 0 Å². The number of hydrogen-bond donors (Lipinski definition) is 2. The Labute approximate surface area is 142 Å². The number of nitrogens with one attached hydrogen (secondary N) is 1. The van der Waals surface area contributed by atoms with Crippen LogP contribution >= 0.6 is 0 Å². The molecule has 0 aromatic heterocycles. The normalized spacial score (nSPS) is 19.3. The van der Waals surface area contributed by atoms with Gasteiger partial charge in [0.25, 0.3) is 0 Å². The van der Waals surface area contributed by atoms with E-state index in [2.05, 4.69) is 5.32 Å². The molecule has 8 heteroatoms. The van der Waals surface area contributed by atoms with Gasteiger partial charge in [0.2, 0.25) is 5.91 Å². The molecular weight excluding hydrogens is 339 g/mol. The van der Waals surface area contributed by atoms with Gasteiger partial charge in [0.15, 0.2) is 0 Å². The van der Waals surface area contributed by atoms with Gasteiger partial charge in [-0.3, -0.25) is 9.59 Å². The van der Waals surface area contributed by atoms with Gasteiger partial charge >= 0.3 is 12.1 Å². The number of ketones is 1. The van der Waals surface area contributed by atoms with Crippen molar-refractivity contribution in [1.29, 1.82) is 0 Å². The lowest BCUT2D eigenvalue weighted by Crippen LogP contribution is -2.47. The Balaban J connectivity index is 1.99. The fourth-order valence-electron chi connectivity index (χ4n) is 2.95. The predicted octanol–water partition coefficient (Wildman–Crippen LogP) is 2.58. The SMILES string of the molecule is O=C1CCC[C@H]([C@@H](NC(=O)Cc2ccc(C(F)(F)F)cc2)C(=O)O)C1. The summed E-state index contributed by atoms with van der Waals surface area (Å²) < 4.78 is 37.5. The fourth-order valence-corrected chi connectivity index (χ4v) is 2.95. The van der Waals surface area contributed by atoms with Crippen LogP contribution in [-0.2, 0) is 27.0 Å². The van der Waals surface area contributed by atoms with Crippen LogP contribution in [0.3, 0.4) is 0 Å². The molecule has 1 fully saturated rings. The molecule has 0 bridgehead atoms. The van der Waals surface area contributed by atoms with E-state index in [-0.39, 0.29) is 18.6 Å². The van der Waals surface area contributed by atoms with Crippen LogP contribution in [0.2, 0.25) is 0 Å². The first-order valence-electron chi connectivity index (χ1n) is 7.87. The van der Waals surface area contributed by atoms with Gasteiger partial charge in [0, 0.05) is 12.8 Å². The van der Waals surface area contributed by atoms with Gasteiger partial charge in [-0.1, -0.05) is 12.1 Å². The number of carbonyl (C=O) groups excluding carboxylic acids is 2. The third-order valence-corrected chi connectivity index (χ3v) is 4.22. The minimum Gasteiger partial charge on any atom is -0.480 e. The maximum absolute atomic E-state index is 12.5. The summed E-state index contributed by atoms with van der Waals surface area (Å²) in [6.07, 6.45) is -3.05. The summed E-state index contributed by atoms with van der Waals surface area (Å²) in [5.41, 5.74) is -0.477. The van der Waals surface area contributed by atoms with Crippen molar-refractivity contribution in [3.05, 3.63) is 35.4 Å². The van der Waals surface area contributed by atoms with E-state index in [4.69, 9.17) is 0 Å². The van der Waals surface area contributed by atoms with Crippen molar-refractivity contribution < 1.29 is 32.7 Å². The molecule has 1 aliphatic rings. The molecule has 1 aromatic carbocycles. The van der Waals surface area contributed by atoms with Crippen molar-refractivity contribution in [1.82, 2.24) is 5.32 Å².